The third-order valence-corrected chi connectivity index (χ3v) is 9.10. The summed E-state index contributed by atoms with van der Waals surface area (Å²) in [7, 11) is 0. The second kappa shape index (κ2) is 7.56. The molecule has 3 aromatic rings. The van der Waals surface area contributed by atoms with E-state index in [1.807, 2.05) is 12.1 Å². The van der Waals surface area contributed by atoms with E-state index in [-0.39, 0.29) is 10.3 Å². The topological polar surface area (TPSA) is 61.8 Å². The van der Waals surface area contributed by atoms with Crippen LogP contribution in [0.2, 0.25) is 0 Å². The van der Waals surface area contributed by atoms with E-state index >= 15 is 0 Å². The van der Waals surface area contributed by atoms with Crippen molar-refractivity contribution in [3.05, 3.63) is 71.1 Å². The zero-order valence-electron chi connectivity index (χ0n) is 14.8. The molecule has 29 heavy (non-hydrogen) atoms. The van der Waals surface area contributed by atoms with Crippen molar-refractivity contribution in [2.75, 3.05) is 4.90 Å². The summed E-state index contributed by atoms with van der Waals surface area (Å²) in [6.45, 7) is 0. The van der Waals surface area contributed by atoms with Crippen molar-refractivity contribution in [3.63, 3.8) is 0 Å². The number of para-hydroxylation sites is 2. The molecule has 0 saturated carbocycles. The van der Waals surface area contributed by atoms with Crippen molar-refractivity contribution in [1.29, 1.82) is 0 Å². The molecule has 141 valence electrons. The van der Waals surface area contributed by atoms with Gasteiger partial charge in [-0.3, -0.25) is 0 Å². The second-order valence-corrected chi connectivity index (χ2v) is 11.3. The van der Waals surface area contributed by atoms with Crippen LogP contribution >= 0.6 is 11.3 Å². The summed E-state index contributed by atoms with van der Waals surface area (Å²) in [5.41, 5.74) is 2.46. The number of thiophene rings is 1. The Kier molecular flexibility index (Phi) is 4.90. The SMILES string of the molecule is O=C1N=C([Se])NC(=O)/C1=C\c1ccc(N2c3ccccc3[Te]c3ccccc32)s1. The van der Waals surface area contributed by atoms with Gasteiger partial charge >= 0.3 is 190 Å². The summed E-state index contributed by atoms with van der Waals surface area (Å²) in [4.78, 5) is 31.2. The van der Waals surface area contributed by atoms with Gasteiger partial charge in [0.1, 0.15) is 0 Å². The Morgan fingerprint density at radius 3 is 2.28 bits per heavy atom. The molecule has 2 aliphatic heterocycles. The monoisotopic (exact) mass is 580 g/mol. The van der Waals surface area contributed by atoms with Crippen LogP contribution in [0.15, 0.2) is 71.2 Å². The van der Waals surface area contributed by atoms with Crippen LogP contribution in [0.1, 0.15) is 4.88 Å². The number of nitrogens with zero attached hydrogens (tertiary/aromatic N) is 2. The first-order valence-electron chi connectivity index (χ1n) is 8.69. The average molecular weight is 577 g/mol. The number of amides is 2. The van der Waals surface area contributed by atoms with E-state index in [4.69, 9.17) is 0 Å². The van der Waals surface area contributed by atoms with Gasteiger partial charge in [0.25, 0.3) is 0 Å². The Bertz CT molecular complexity index is 1190. The number of hydrogen-bond donors (Lipinski definition) is 1. The van der Waals surface area contributed by atoms with Crippen LogP contribution in [0.4, 0.5) is 16.4 Å². The predicted molar refractivity (Wildman–Crippen MR) is 118 cm³/mol. The van der Waals surface area contributed by atoms with Gasteiger partial charge in [0.05, 0.1) is 0 Å². The number of hydrogen-bond acceptors (Lipinski definition) is 4. The van der Waals surface area contributed by atoms with Crippen LogP contribution in [0.5, 0.6) is 0 Å². The maximum atomic E-state index is 12.2. The maximum absolute atomic E-state index is 12.2. The van der Waals surface area contributed by atoms with E-state index in [2.05, 4.69) is 79.8 Å². The van der Waals surface area contributed by atoms with Crippen molar-refractivity contribution in [3.8, 4) is 0 Å². The van der Waals surface area contributed by atoms with Crippen molar-refractivity contribution >= 4 is 94.5 Å². The Hall–Kier alpha value is -2.20. The van der Waals surface area contributed by atoms with Crippen LogP contribution in [0.25, 0.3) is 6.08 Å². The number of amidine groups is 1. The van der Waals surface area contributed by atoms with Crippen LogP contribution in [0.3, 0.4) is 0 Å². The summed E-state index contributed by atoms with van der Waals surface area (Å²) < 4.78 is 3.00. The molecule has 5 nitrogen and oxygen atoms in total. The van der Waals surface area contributed by atoms with Crippen molar-refractivity contribution in [2.45, 2.75) is 0 Å². The molecule has 0 spiro atoms. The molecule has 5 rings (SSSR count). The molecule has 1 N–H and O–H groups in total. The Morgan fingerprint density at radius 2 is 1.62 bits per heavy atom. The van der Waals surface area contributed by atoms with Gasteiger partial charge in [-0.2, -0.15) is 0 Å². The third kappa shape index (κ3) is 3.48. The first-order chi connectivity index (χ1) is 14.1. The van der Waals surface area contributed by atoms with Crippen LogP contribution in [-0.2, 0) is 9.59 Å². The molecule has 0 aliphatic carbocycles. The van der Waals surface area contributed by atoms with Crippen molar-refractivity contribution in [1.82, 2.24) is 5.32 Å². The van der Waals surface area contributed by atoms with E-state index in [1.54, 1.807) is 17.4 Å². The van der Waals surface area contributed by atoms with Crippen molar-refractivity contribution in [2.24, 2.45) is 4.99 Å². The standard InChI is InChI=1S/C21H12N3O2SSeTe/c25-19-13(20(26)23-21(28)22-19)11-12-9-10-18(27-12)24-14-5-1-3-7-16(14)29-17-8-4-2-6-15(17)24/h1-11H,(H,22,23,25,26). The molecule has 2 amide bonds. The third-order valence-electron chi connectivity index (χ3n) is 4.45. The van der Waals surface area contributed by atoms with E-state index in [0.717, 1.165) is 9.88 Å². The molecule has 0 bridgehead atoms. The van der Waals surface area contributed by atoms with Crippen LogP contribution in [0, 0.1) is 0 Å². The molecule has 2 aliphatic rings. The second-order valence-electron chi connectivity index (χ2n) is 6.28. The molecular formula is C21H12N3O2SSeTe. The quantitative estimate of drug-likeness (QED) is 0.225. The summed E-state index contributed by atoms with van der Waals surface area (Å²) in [6.07, 6.45) is 1.61. The fourth-order valence-electron chi connectivity index (χ4n) is 3.19. The molecule has 3 heterocycles. The van der Waals surface area contributed by atoms with Gasteiger partial charge in [-0.15, -0.1) is 0 Å². The van der Waals surface area contributed by atoms with E-state index in [9.17, 15) is 9.59 Å². The van der Waals surface area contributed by atoms with Gasteiger partial charge in [-0.1, -0.05) is 0 Å². The first-order valence-corrected chi connectivity index (χ1v) is 12.7. The average Bonchev–Trinajstić information content (AvgIpc) is 3.17. The van der Waals surface area contributed by atoms with Gasteiger partial charge in [-0.25, -0.2) is 0 Å². The molecule has 2 aromatic carbocycles. The number of benzene rings is 2. The summed E-state index contributed by atoms with van der Waals surface area (Å²) >= 11 is 3.66. The van der Waals surface area contributed by atoms with Crippen LogP contribution in [-0.4, -0.2) is 53.5 Å². The Balaban J connectivity index is 1.58. The molecule has 0 unspecified atom stereocenters. The molecule has 0 atom stereocenters. The fraction of sp³-hybridized carbons (Fsp3) is 0. The molecule has 0 fully saturated rings. The normalized spacial score (nSPS) is 16.9. The summed E-state index contributed by atoms with van der Waals surface area (Å²) in [5, 5.41) is 3.58. The molecular weight excluding hydrogens is 565 g/mol. The van der Waals surface area contributed by atoms with Gasteiger partial charge in [-0.05, 0) is 0 Å². The zero-order chi connectivity index (χ0) is 20.0. The minimum absolute atomic E-state index is 0.0452. The van der Waals surface area contributed by atoms with Crippen LogP contribution < -0.4 is 17.4 Å². The number of fused-ring (bicyclic) bond motifs is 2. The molecule has 1 radical (unpaired) electrons. The minimum atomic E-state index is -0.531. The number of aliphatic imine (C=N–C) groups is 1. The summed E-state index contributed by atoms with van der Waals surface area (Å²) in [6, 6.07) is 21.0. The molecule has 1 aromatic heterocycles. The number of rotatable bonds is 2. The van der Waals surface area contributed by atoms with Gasteiger partial charge in [0.2, 0.25) is 0 Å². The Labute approximate surface area is 189 Å². The van der Waals surface area contributed by atoms with Gasteiger partial charge in [0, 0.05) is 0 Å². The fourth-order valence-corrected chi connectivity index (χ4v) is 7.56. The zero-order valence-corrected chi connectivity index (χ0v) is 19.6. The number of anilines is 3. The Morgan fingerprint density at radius 1 is 0.966 bits per heavy atom. The predicted octanol–water partition coefficient (Wildman–Crippen LogP) is 1.75. The van der Waals surface area contributed by atoms with Crippen molar-refractivity contribution < 1.29 is 9.59 Å². The summed E-state index contributed by atoms with van der Waals surface area (Å²) in [5.74, 6) is -0.968. The number of nitrogens with one attached hydrogen (secondary N) is 1. The molecule has 0 saturated heterocycles. The van der Waals surface area contributed by atoms with Gasteiger partial charge in [0.15, 0.2) is 0 Å². The van der Waals surface area contributed by atoms with E-state index in [1.165, 1.54) is 18.6 Å². The number of carbonyl (C=O) groups is 2. The van der Waals surface area contributed by atoms with Gasteiger partial charge < -0.3 is 0 Å². The number of carbonyl (C=O) groups excluding carboxylic acids is 2. The molecule has 8 heteroatoms. The first kappa shape index (κ1) is 18.8. The van der Waals surface area contributed by atoms with E-state index < -0.39 is 32.7 Å². The van der Waals surface area contributed by atoms with E-state index in [0.29, 0.717) is 0 Å².